The van der Waals surface area contributed by atoms with Crippen LogP contribution in [0, 0.1) is 44.1 Å². The summed E-state index contributed by atoms with van der Waals surface area (Å²) in [5.41, 5.74) is 0. The van der Waals surface area contributed by atoms with E-state index >= 15 is 0 Å². The molecule has 1 heterocycles. The van der Waals surface area contributed by atoms with E-state index in [9.17, 15) is 19.2 Å². The summed E-state index contributed by atoms with van der Waals surface area (Å²) in [7, 11) is 0. The monoisotopic (exact) mass is 629 g/mol. The number of hydrogen-bond acceptors (Lipinski definition) is 8. The maximum absolute atomic E-state index is 11.1. The summed E-state index contributed by atoms with van der Waals surface area (Å²) in [6.45, 7) is 1.52. The number of hydrogen-bond donors (Lipinski definition) is 4. The minimum Gasteiger partial charge on any atom is -0.480 e. The number of rotatable bonds is 8. The maximum Gasteiger partial charge on any atom is 0.317 e. The van der Waals surface area contributed by atoms with Crippen molar-refractivity contribution >= 4 is 23.9 Å². The van der Waals surface area contributed by atoms with Crippen LogP contribution < -0.4 is 0 Å². The van der Waals surface area contributed by atoms with Gasteiger partial charge in [0.15, 0.2) is 0 Å². The van der Waals surface area contributed by atoms with E-state index in [0.29, 0.717) is 52.4 Å². The molecule has 0 unspecified atom stereocenters. The zero-order chi connectivity index (χ0) is 21.1. The Morgan fingerprint density at radius 3 is 0.690 bits per heavy atom. The molecule has 1 rings (SSSR count). The summed E-state index contributed by atoms with van der Waals surface area (Å²) >= 11 is 0. The third kappa shape index (κ3) is 13.9. The van der Waals surface area contributed by atoms with E-state index in [1.54, 1.807) is 19.6 Å². The molecule has 13 heteroatoms. The van der Waals surface area contributed by atoms with Gasteiger partial charge < -0.3 is 20.4 Å². The summed E-state index contributed by atoms with van der Waals surface area (Å²) in [5.74, 6) is -4.08. The maximum atomic E-state index is 11.1. The molecule has 0 aromatic carbocycles. The molecule has 0 amide bonds. The molecule has 0 aromatic heterocycles. The Kier molecular flexibility index (Phi) is 14.6. The molecule has 4 N–H and O–H groups in total. The average Bonchev–Trinajstić information content (AvgIpc) is 2.55. The molecule has 12 nitrogen and oxygen atoms in total. The first-order valence-corrected chi connectivity index (χ1v) is 8.92. The van der Waals surface area contributed by atoms with E-state index in [4.69, 9.17) is 20.4 Å². The number of nitrogens with zero attached hydrogens (tertiary/aromatic N) is 4. The molecule has 1 aliphatic heterocycles. The third-order valence-corrected chi connectivity index (χ3v) is 4.37. The number of carboxylic acids is 4. The summed E-state index contributed by atoms with van der Waals surface area (Å²) in [6.07, 6.45) is 0. The Morgan fingerprint density at radius 2 is 0.586 bits per heavy atom. The fourth-order valence-corrected chi connectivity index (χ4v) is 2.98. The van der Waals surface area contributed by atoms with Gasteiger partial charge in [0.25, 0.3) is 0 Å². The standard InChI is InChI=1S/C16H28N4O8.Ac/c21-13(22)9-17-1-2-18(10-14(23)24)5-6-20(12-16(27)28)8-7-19(4-3-17)11-15(25)26;/h1-12H2,(H,21,22)(H,23,24)(H,25,26)(H,27,28);/i;1-2. The van der Waals surface area contributed by atoms with Crippen molar-refractivity contribution in [3.8, 4) is 0 Å². The van der Waals surface area contributed by atoms with Crippen LogP contribution in [-0.2, 0) is 19.2 Å². The van der Waals surface area contributed by atoms with Crippen LogP contribution in [0.25, 0.3) is 0 Å². The van der Waals surface area contributed by atoms with Crippen LogP contribution >= 0.6 is 0 Å². The van der Waals surface area contributed by atoms with Crippen molar-refractivity contribution in [2.24, 2.45) is 0 Å². The van der Waals surface area contributed by atoms with Gasteiger partial charge in [-0.15, -0.1) is 0 Å². The van der Waals surface area contributed by atoms with Gasteiger partial charge in [-0.3, -0.25) is 38.8 Å². The van der Waals surface area contributed by atoms with Crippen LogP contribution in [-0.4, -0.2) is 142 Å². The minimum atomic E-state index is -1.02. The third-order valence-electron chi connectivity index (χ3n) is 4.37. The van der Waals surface area contributed by atoms with Crippen LogP contribution in [0.15, 0.2) is 0 Å². The van der Waals surface area contributed by atoms with Gasteiger partial charge in [0, 0.05) is 96.4 Å². The predicted molar refractivity (Wildman–Crippen MR) is 96.3 cm³/mol. The Morgan fingerprint density at radius 1 is 0.448 bits per heavy atom. The summed E-state index contributed by atoms with van der Waals surface area (Å²) in [4.78, 5) is 50.9. The van der Waals surface area contributed by atoms with E-state index in [2.05, 4.69) is 0 Å². The second-order valence-corrected chi connectivity index (χ2v) is 6.68. The Hall–Kier alpha value is -0.838. The summed E-state index contributed by atoms with van der Waals surface area (Å²) in [6, 6.07) is 0. The van der Waals surface area contributed by atoms with E-state index in [1.807, 2.05) is 0 Å². The van der Waals surface area contributed by atoms with Gasteiger partial charge >= 0.3 is 23.9 Å². The van der Waals surface area contributed by atoms with Gasteiger partial charge in [-0.1, -0.05) is 0 Å². The molecule has 1 radical (unpaired) electrons. The fourth-order valence-electron chi connectivity index (χ4n) is 2.98. The molecule has 0 atom stereocenters. The number of carboxylic acid groups (broad SMARTS) is 4. The Balaban J connectivity index is 0.00000784. The van der Waals surface area contributed by atoms with Gasteiger partial charge in [-0.25, -0.2) is 0 Å². The molecule has 0 bridgehead atoms. The van der Waals surface area contributed by atoms with Gasteiger partial charge in [0.1, 0.15) is 0 Å². The zero-order valence-electron chi connectivity index (χ0n) is 16.3. The van der Waals surface area contributed by atoms with Gasteiger partial charge in [-0.2, -0.15) is 0 Å². The van der Waals surface area contributed by atoms with Crippen molar-refractivity contribution in [2.45, 2.75) is 0 Å². The molecular weight excluding hydrogens is 601 g/mol. The minimum absolute atomic E-state index is 0. The Labute approximate surface area is 204 Å². The predicted octanol–water partition coefficient (Wildman–Crippen LogP) is -2.45. The molecule has 0 aromatic rings. The summed E-state index contributed by atoms with van der Waals surface area (Å²) in [5, 5.41) is 36.3. The van der Waals surface area contributed by atoms with Crippen LogP contribution in [0.2, 0.25) is 0 Å². The topological polar surface area (TPSA) is 162 Å². The molecule has 1 fully saturated rings. The molecular formula is C16H28AcN4O8. The molecule has 0 saturated carbocycles. The normalized spacial score (nSPS) is 18.8. The largest absolute Gasteiger partial charge is 0.480 e. The van der Waals surface area contributed by atoms with Crippen molar-refractivity contribution in [3.05, 3.63) is 0 Å². The van der Waals surface area contributed by atoms with Crippen LogP contribution in [0.4, 0.5) is 0 Å². The van der Waals surface area contributed by atoms with Gasteiger partial charge in [0.05, 0.1) is 26.2 Å². The number of carbonyl (C=O) groups is 4. The van der Waals surface area contributed by atoms with Crippen molar-refractivity contribution in [3.63, 3.8) is 0 Å². The SMILES string of the molecule is O=C(O)CN1CCN(CC(=O)O)CCN(CC(=O)O)CCN(CC(=O)O)CC1.[225Ac]. The second kappa shape index (κ2) is 15.0. The van der Waals surface area contributed by atoms with Crippen molar-refractivity contribution in [1.82, 2.24) is 19.6 Å². The van der Waals surface area contributed by atoms with Gasteiger partial charge in [-0.05, 0) is 0 Å². The summed E-state index contributed by atoms with van der Waals surface area (Å²) < 4.78 is 0. The quantitative estimate of drug-likeness (QED) is 0.225. The zero-order valence-corrected chi connectivity index (χ0v) is 21.0. The van der Waals surface area contributed by atoms with Crippen molar-refractivity contribution < 1.29 is 83.7 Å². The second-order valence-electron chi connectivity index (χ2n) is 6.68. The van der Waals surface area contributed by atoms with Crippen LogP contribution in [0.3, 0.4) is 0 Å². The van der Waals surface area contributed by atoms with Crippen molar-refractivity contribution in [2.75, 3.05) is 78.5 Å². The number of aliphatic carboxylic acids is 4. The molecule has 0 spiro atoms. The molecule has 1 aliphatic rings. The first-order valence-electron chi connectivity index (χ1n) is 8.92. The molecule has 29 heavy (non-hydrogen) atoms. The molecule has 1 saturated heterocycles. The molecule has 163 valence electrons. The van der Waals surface area contributed by atoms with E-state index in [0.717, 1.165) is 0 Å². The van der Waals surface area contributed by atoms with E-state index in [1.165, 1.54) is 0 Å². The van der Waals surface area contributed by atoms with Crippen LogP contribution in [0.1, 0.15) is 0 Å². The first-order chi connectivity index (χ1) is 13.2. The first kappa shape index (κ1) is 28.2. The van der Waals surface area contributed by atoms with Crippen molar-refractivity contribution in [1.29, 1.82) is 0 Å². The van der Waals surface area contributed by atoms with Gasteiger partial charge in [0.2, 0.25) is 0 Å². The Bertz CT molecular complexity index is 453. The fraction of sp³-hybridized carbons (Fsp3) is 0.750. The van der Waals surface area contributed by atoms with Crippen LogP contribution in [0.5, 0.6) is 0 Å². The van der Waals surface area contributed by atoms with E-state index in [-0.39, 0.29) is 70.2 Å². The average molecular weight is 629 g/mol. The molecule has 0 aliphatic carbocycles. The smallest absolute Gasteiger partial charge is 0.317 e. The van der Waals surface area contributed by atoms with E-state index < -0.39 is 23.9 Å².